The standard InChI is InChI=1S/C11H20N4O/c1-4-6-11(3,12)10(16)9-8-13-14-15(9)7-5-2/h8H,4-7,12H2,1-3H3. The summed E-state index contributed by atoms with van der Waals surface area (Å²) in [7, 11) is 0. The Balaban J connectivity index is 2.91. The van der Waals surface area contributed by atoms with Crippen LogP contribution < -0.4 is 5.73 Å². The second-order valence-electron chi connectivity index (χ2n) is 4.34. The Morgan fingerprint density at radius 1 is 1.50 bits per heavy atom. The zero-order chi connectivity index (χ0) is 12.2. The average molecular weight is 224 g/mol. The van der Waals surface area contributed by atoms with Crippen LogP contribution in [0.5, 0.6) is 0 Å². The predicted molar refractivity (Wildman–Crippen MR) is 62.1 cm³/mol. The predicted octanol–water partition coefficient (Wildman–Crippen LogP) is 1.39. The first kappa shape index (κ1) is 12.8. The van der Waals surface area contributed by atoms with Crippen molar-refractivity contribution in [2.45, 2.75) is 52.1 Å². The van der Waals surface area contributed by atoms with Crippen LogP contribution in [0.15, 0.2) is 6.20 Å². The number of hydrogen-bond donors (Lipinski definition) is 1. The Hall–Kier alpha value is -1.23. The molecule has 0 radical (unpaired) electrons. The molecule has 0 aliphatic carbocycles. The molecule has 0 fully saturated rings. The fourth-order valence-electron chi connectivity index (χ4n) is 1.74. The van der Waals surface area contributed by atoms with E-state index >= 15 is 0 Å². The third-order valence-electron chi connectivity index (χ3n) is 2.57. The van der Waals surface area contributed by atoms with Crippen LogP contribution in [-0.2, 0) is 6.54 Å². The molecule has 5 heteroatoms. The van der Waals surface area contributed by atoms with Gasteiger partial charge in [0.2, 0.25) is 5.78 Å². The van der Waals surface area contributed by atoms with Crippen molar-refractivity contribution in [1.29, 1.82) is 0 Å². The number of nitrogens with two attached hydrogens (primary N) is 1. The topological polar surface area (TPSA) is 73.8 Å². The van der Waals surface area contributed by atoms with Crippen molar-refractivity contribution in [2.75, 3.05) is 0 Å². The van der Waals surface area contributed by atoms with E-state index in [0.29, 0.717) is 18.7 Å². The van der Waals surface area contributed by atoms with Crippen LogP contribution in [0.3, 0.4) is 0 Å². The molecule has 0 bridgehead atoms. The van der Waals surface area contributed by atoms with Crippen molar-refractivity contribution < 1.29 is 4.79 Å². The van der Waals surface area contributed by atoms with Crippen molar-refractivity contribution in [2.24, 2.45) is 5.73 Å². The molecule has 0 aliphatic rings. The van der Waals surface area contributed by atoms with Crippen molar-refractivity contribution in [3.05, 3.63) is 11.9 Å². The highest BCUT2D eigenvalue weighted by atomic mass is 16.1. The zero-order valence-electron chi connectivity index (χ0n) is 10.2. The van der Waals surface area contributed by atoms with E-state index in [0.717, 1.165) is 12.8 Å². The number of ketones is 1. The molecule has 0 saturated carbocycles. The molecule has 1 atom stereocenters. The first-order chi connectivity index (χ1) is 7.53. The van der Waals surface area contributed by atoms with Gasteiger partial charge >= 0.3 is 0 Å². The molecule has 0 aliphatic heterocycles. The Morgan fingerprint density at radius 3 is 2.75 bits per heavy atom. The van der Waals surface area contributed by atoms with E-state index in [1.54, 1.807) is 11.6 Å². The van der Waals surface area contributed by atoms with Gasteiger partial charge in [-0.25, -0.2) is 4.68 Å². The van der Waals surface area contributed by atoms with Gasteiger partial charge in [0, 0.05) is 6.54 Å². The van der Waals surface area contributed by atoms with E-state index in [1.165, 1.54) is 6.20 Å². The highest BCUT2D eigenvalue weighted by Crippen LogP contribution is 2.15. The molecule has 90 valence electrons. The number of rotatable bonds is 6. The lowest BCUT2D eigenvalue weighted by molar-refractivity contribution is 0.0881. The van der Waals surface area contributed by atoms with Gasteiger partial charge < -0.3 is 5.73 Å². The maximum absolute atomic E-state index is 12.2. The first-order valence-corrected chi connectivity index (χ1v) is 5.75. The second kappa shape index (κ2) is 5.21. The summed E-state index contributed by atoms with van der Waals surface area (Å²) in [5.41, 5.74) is 5.71. The van der Waals surface area contributed by atoms with Crippen molar-refractivity contribution in [3.63, 3.8) is 0 Å². The van der Waals surface area contributed by atoms with Gasteiger partial charge in [-0.2, -0.15) is 0 Å². The normalized spacial score (nSPS) is 14.8. The van der Waals surface area contributed by atoms with Crippen LogP contribution in [-0.4, -0.2) is 26.3 Å². The highest BCUT2D eigenvalue weighted by Gasteiger charge is 2.30. The van der Waals surface area contributed by atoms with E-state index in [2.05, 4.69) is 10.3 Å². The van der Waals surface area contributed by atoms with Crippen molar-refractivity contribution >= 4 is 5.78 Å². The molecule has 0 spiro atoms. The smallest absolute Gasteiger partial charge is 0.201 e. The number of nitrogens with zero attached hydrogens (tertiary/aromatic N) is 3. The van der Waals surface area contributed by atoms with Gasteiger partial charge in [-0.1, -0.05) is 25.5 Å². The molecule has 0 amide bonds. The van der Waals surface area contributed by atoms with Gasteiger partial charge in [0.25, 0.3) is 0 Å². The summed E-state index contributed by atoms with van der Waals surface area (Å²) in [5, 5.41) is 7.66. The lowest BCUT2D eigenvalue weighted by Crippen LogP contribution is -2.45. The Morgan fingerprint density at radius 2 is 2.19 bits per heavy atom. The molecular formula is C11H20N4O. The first-order valence-electron chi connectivity index (χ1n) is 5.75. The van der Waals surface area contributed by atoms with E-state index < -0.39 is 5.54 Å². The van der Waals surface area contributed by atoms with Gasteiger partial charge in [0.05, 0.1) is 11.7 Å². The van der Waals surface area contributed by atoms with E-state index in [-0.39, 0.29) is 5.78 Å². The number of carbonyl (C=O) groups is 1. The summed E-state index contributed by atoms with van der Waals surface area (Å²) in [6, 6.07) is 0. The monoisotopic (exact) mass is 224 g/mol. The molecule has 1 rings (SSSR count). The third-order valence-corrected chi connectivity index (χ3v) is 2.57. The molecule has 16 heavy (non-hydrogen) atoms. The molecule has 0 saturated heterocycles. The molecule has 1 unspecified atom stereocenters. The fourth-order valence-corrected chi connectivity index (χ4v) is 1.74. The number of hydrogen-bond acceptors (Lipinski definition) is 4. The number of Topliss-reactive ketones (excluding diaryl/α,β-unsaturated/α-hetero) is 1. The van der Waals surface area contributed by atoms with Gasteiger partial charge in [0.15, 0.2) is 0 Å². The zero-order valence-corrected chi connectivity index (χ0v) is 10.2. The second-order valence-corrected chi connectivity index (χ2v) is 4.34. The summed E-state index contributed by atoms with van der Waals surface area (Å²) in [6.07, 6.45) is 3.97. The number of carbonyl (C=O) groups excluding carboxylic acids is 1. The van der Waals surface area contributed by atoms with Gasteiger partial charge in [0.1, 0.15) is 5.69 Å². The maximum atomic E-state index is 12.2. The quantitative estimate of drug-likeness (QED) is 0.741. The van der Waals surface area contributed by atoms with Crippen LogP contribution in [0.25, 0.3) is 0 Å². The third kappa shape index (κ3) is 2.66. The Bertz CT molecular complexity index is 357. The number of aryl methyl sites for hydroxylation is 1. The van der Waals surface area contributed by atoms with Crippen molar-refractivity contribution in [3.8, 4) is 0 Å². The van der Waals surface area contributed by atoms with Crippen LogP contribution in [0.2, 0.25) is 0 Å². The molecule has 5 nitrogen and oxygen atoms in total. The minimum absolute atomic E-state index is 0.0761. The number of aromatic nitrogens is 3. The van der Waals surface area contributed by atoms with Gasteiger partial charge in [-0.15, -0.1) is 5.10 Å². The SMILES string of the molecule is CCCn1nncc1C(=O)C(C)(N)CCC. The van der Waals surface area contributed by atoms with E-state index in [1.807, 2.05) is 13.8 Å². The minimum Gasteiger partial charge on any atom is -0.319 e. The van der Waals surface area contributed by atoms with Gasteiger partial charge in [-0.3, -0.25) is 4.79 Å². The van der Waals surface area contributed by atoms with Crippen LogP contribution in [0.1, 0.15) is 50.5 Å². The largest absolute Gasteiger partial charge is 0.319 e. The summed E-state index contributed by atoms with van der Waals surface area (Å²) < 4.78 is 1.63. The summed E-state index contributed by atoms with van der Waals surface area (Å²) in [6.45, 7) is 6.51. The summed E-state index contributed by atoms with van der Waals surface area (Å²) in [4.78, 5) is 12.2. The highest BCUT2D eigenvalue weighted by molar-refractivity contribution is 6.01. The van der Waals surface area contributed by atoms with E-state index in [4.69, 9.17) is 5.73 Å². The molecule has 1 aromatic heterocycles. The lowest BCUT2D eigenvalue weighted by atomic mass is 9.90. The van der Waals surface area contributed by atoms with Crippen LogP contribution in [0.4, 0.5) is 0 Å². The van der Waals surface area contributed by atoms with Crippen LogP contribution >= 0.6 is 0 Å². The molecular weight excluding hydrogens is 204 g/mol. The van der Waals surface area contributed by atoms with Gasteiger partial charge in [-0.05, 0) is 19.8 Å². The maximum Gasteiger partial charge on any atom is 0.201 e. The average Bonchev–Trinajstić information content (AvgIpc) is 2.65. The fraction of sp³-hybridized carbons (Fsp3) is 0.727. The van der Waals surface area contributed by atoms with E-state index in [9.17, 15) is 4.79 Å². The lowest BCUT2D eigenvalue weighted by Gasteiger charge is -2.22. The summed E-state index contributed by atoms with van der Waals surface area (Å²) >= 11 is 0. The molecule has 0 aromatic carbocycles. The summed E-state index contributed by atoms with van der Waals surface area (Å²) in [5.74, 6) is -0.0761. The molecule has 2 N–H and O–H groups in total. The molecule has 1 heterocycles. The minimum atomic E-state index is -0.818. The van der Waals surface area contributed by atoms with Crippen LogP contribution in [0, 0.1) is 0 Å². The molecule has 1 aromatic rings. The Kier molecular flexibility index (Phi) is 4.18. The Labute approximate surface area is 96.0 Å². The van der Waals surface area contributed by atoms with Crippen molar-refractivity contribution in [1.82, 2.24) is 15.0 Å².